The van der Waals surface area contributed by atoms with Crippen molar-refractivity contribution in [2.45, 2.75) is 97.3 Å². The minimum Gasteiger partial charge on any atom is -0.541 e. The van der Waals surface area contributed by atoms with Crippen LogP contribution in [0.4, 0.5) is 0 Å². The van der Waals surface area contributed by atoms with E-state index in [9.17, 15) is 19.2 Å². The summed E-state index contributed by atoms with van der Waals surface area (Å²) in [5.41, 5.74) is 0.638. The maximum Gasteiger partial charge on any atom is 0.333 e. The average Bonchev–Trinajstić information content (AvgIpc) is 2.81. The molecule has 11 nitrogen and oxygen atoms in total. The first kappa shape index (κ1) is 32.8. The van der Waals surface area contributed by atoms with Crippen molar-refractivity contribution in [1.82, 2.24) is 0 Å². The third-order valence-corrected chi connectivity index (χ3v) is 11.0. The highest BCUT2D eigenvalue weighted by atomic mass is 28.4. The zero-order valence-electron chi connectivity index (χ0n) is 24.8. The normalized spacial score (nSPS) is 23.2. The van der Waals surface area contributed by atoms with E-state index in [1.54, 1.807) is 25.1 Å². The Balaban J connectivity index is 2.25. The van der Waals surface area contributed by atoms with Crippen molar-refractivity contribution in [1.29, 1.82) is 0 Å². The first-order chi connectivity index (χ1) is 18.4. The van der Waals surface area contributed by atoms with Crippen molar-refractivity contribution < 1.29 is 52.0 Å². The van der Waals surface area contributed by atoms with Crippen LogP contribution in [-0.4, -0.2) is 70.0 Å². The Bertz CT molecular complexity index is 1120. The van der Waals surface area contributed by atoms with Crippen LogP contribution in [0.1, 0.15) is 54.0 Å². The monoisotopic (exact) mass is 580 g/mol. The molecule has 40 heavy (non-hydrogen) atoms. The Morgan fingerprint density at radius 3 is 1.93 bits per heavy atom. The lowest BCUT2D eigenvalue weighted by atomic mass is 9.99. The van der Waals surface area contributed by atoms with Crippen LogP contribution < -0.4 is 9.16 Å². The third kappa shape index (κ3) is 8.82. The third-order valence-electron chi connectivity index (χ3n) is 6.64. The maximum atomic E-state index is 12.8. The Hall–Kier alpha value is -3.38. The summed E-state index contributed by atoms with van der Waals surface area (Å²) in [5, 5.41) is -0.00430. The van der Waals surface area contributed by atoms with E-state index < -0.39 is 62.9 Å². The van der Waals surface area contributed by atoms with E-state index in [1.807, 2.05) is 0 Å². The molecule has 1 aromatic carbocycles. The van der Waals surface area contributed by atoms with Gasteiger partial charge in [-0.25, -0.2) is 4.79 Å². The molecule has 0 aliphatic carbocycles. The fraction of sp³-hybridized carbons (Fsp3) is 0.571. The fourth-order valence-corrected chi connectivity index (χ4v) is 4.71. The van der Waals surface area contributed by atoms with Gasteiger partial charge < -0.3 is 32.8 Å². The molecule has 222 valence electrons. The maximum absolute atomic E-state index is 12.8. The lowest BCUT2D eigenvalue weighted by Gasteiger charge is -2.42. The van der Waals surface area contributed by atoms with Crippen LogP contribution in [0.2, 0.25) is 18.1 Å². The van der Waals surface area contributed by atoms with Crippen molar-refractivity contribution in [2.24, 2.45) is 0 Å². The Morgan fingerprint density at radius 2 is 1.40 bits per heavy atom. The molecule has 0 radical (unpaired) electrons. The average molecular weight is 581 g/mol. The van der Waals surface area contributed by atoms with E-state index in [4.69, 9.17) is 32.8 Å². The predicted octanol–water partition coefficient (Wildman–Crippen LogP) is 4.18. The largest absolute Gasteiger partial charge is 0.541 e. The van der Waals surface area contributed by atoms with Gasteiger partial charge in [-0.1, -0.05) is 26.8 Å². The fourth-order valence-electron chi connectivity index (χ4n) is 3.68. The van der Waals surface area contributed by atoms with Gasteiger partial charge in [0, 0.05) is 26.8 Å². The van der Waals surface area contributed by atoms with Gasteiger partial charge in [0.1, 0.15) is 5.75 Å². The molecule has 1 heterocycles. The van der Waals surface area contributed by atoms with Gasteiger partial charge >= 0.3 is 23.9 Å². The summed E-state index contributed by atoms with van der Waals surface area (Å²) in [7, 11) is -0.571. The van der Waals surface area contributed by atoms with Crippen molar-refractivity contribution in [3.63, 3.8) is 0 Å². The molecule has 1 aromatic rings. The molecule has 1 fully saturated rings. The predicted molar refractivity (Wildman–Crippen MR) is 147 cm³/mol. The van der Waals surface area contributed by atoms with E-state index in [-0.39, 0.29) is 5.04 Å². The first-order valence-electron chi connectivity index (χ1n) is 12.9. The molecule has 0 saturated carbocycles. The smallest absolute Gasteiger partial charge is 0.333 e. The highest BCUT2D eigenvalue weighted by molar-refractivity contribution is 6.74. The van der Waals surface area contributed by atoms with E-state index in [2.05, 4.69) is 33.9 Å². The molecule has 1 aliphatic heterocycles. The summed E-state index contributed by atoms with van der Waals surface area (Å²) in [6.45, 7) is 15.7. The molecule has 12 heteroatoms. The Labute approximate surface area is 236 Å². The molecule has 0 amide bonds. The molecular formula is C28H40O11Si. The number of hydrogen-bond donors (Lipinski definition) is 0. The van der Waals surface area contributed by atoms with E-state index in [0.717, 1.165) is 13.8 Å². The van der Waals surface area contributed by atoms with E-state index >= 15 is 0 Å². The summed E-state index contributed by atoms with van der Waals surface area (Å²) < 4.78 is 38.9. The molecule has 3 unspecified atom stereocenters. The number of hydrogen-bond acceptors (Lipinski definition) is 11. The van der Waals surface area contributed by atoms with Crippen LogP contribution in [-0.2, 0) is 42.9 Å². The quantitative estimate of drug-likeness (QED) is 0.180. The molecule has 0 spiro atoms. The number of benzene rings is 1. The minimum absolute atomic E-state index is 0.00430. The summed E-state index contributed by atoms with van der Waals surface area (Å²) in [6.07, 6.45) is -3.38. The number of esters is 4. The van der Waals surface area contributed by atoms with Crippen molar-refractivity contribution in [2.75, 3.05) is 7.11 Å². The molecule has 1 aliphatic rings. The summed E-state index contributed by atoms with van der Waals surface area (Å²) in [5.74, 6) is -1.81. The van der Waals surface area contributed by atoms with Crippen molar-refractivity contribution >= 4 is 38.3 Å². The lowest BCUT2D eigenvalue weighted by Crippen LogP contribution is -2.61. The van der Waals surface area contributed by atoms with Crippen LogP contribution in [0.5, 0.6) is 11.5 Å². The Morgan fingerprint density at radius 1 is 0.850 bits per heavy atom. The summed E-state index contributed by atoms with van der Waals surface area (Å²) in [6, 6.07) is 5.29. The highest BCUT2D eigenvalue weighted by Gasteiger charge is 2.52. The SMILES string of the molecule is COc1cc(/C=C/C(=O)O[C@@H]2OC(C)[C@H](OC(C)=O)C(OC(C)=O)C2OC(C)=O)ccc1O[Si](C)(C)C(C)(C)C. The number of carbonyl (C=O) groups is 4. The molecule has 5 atom stereocenters. The van der Waals surface area contributed by atoms with Gasteiger partial charge in [-0.3, -0.25) is 14.4 Å². The number of methoxy groups -OCH3 is 1. The molecule has 0 N–H and O–H groups in total. The van der Waals surface area contributed by atoms with Gasteiger partial charge in [-0.2, -0.15) is 0 Å². The van der Waals surface area contributed by atoms with E-state index in [1.165, 1.54) is 26.2 Å². The zero-order valence-corrected chi connectivity index (χ0v) is 25.8. The molecule has 0 bridgehead atoms. The van der Waals surface area contributed by atoms with Gasteiger partial charge in [0.15, 0.2) is 18.0 Å². The van der Waals surface area contributed by atoms with Gasteiger partial charge in [0.05, 0.1) is 13.2 Å². The zero-order chi connectivity index (χ0) is 30.4. The second kappa shape index (κ2) is 13.3. The minimum atomic E-state index is -2.11. The van der Waals surface area contributed by atoms with Crippen molar-refractivity contribution in [3.8, 4) is 11.5 Å². The lowest BCUT2D eigenvalue weighted by molar-refractivity contribution is -0.292. The highest BCUT2D eigenvalue weighted by Crippen LogP contribution is 2.40. The molecule has 2 rings (SSSR count). The molecule has 1 saturated heterocycles. The number of carbonyl (C=O) groups excluding carboxylic acids is 4. The first-order valence-corrected chi connectivity index (χ1v) is 15.8. The standard InChI is InChI=1S/C28H40O11Si/c1-16-24(35-17(2)29)25(36-18(3)30)26(37-19(4)31)27(34-16)38-23(32)14-12-20-11-13-21(22(15-20)33-8)39-40(9,10)28(5,6)7/h11-16,24-27H,1-10H3/b14-12+/t16?,24-,25?,26?,27-/m0/s1. The van der Waals surface area contributed by atoms with Crippen LogP contribution >= 0.6 is 0 Å². The number of rotatable bonds is 9. The van der Waals surface area contributed by atoms with Gasteiger partial charge in [0.2, 0.25) is 12.4 Å². The van der Waals surface area contributed by atoms with Crippen molar-refractivity contribution in [3.05, 3.63) is 29.8 Å². The number of ether oxygens (including phenoxy) is 6. The van der Waals surface area contributed by atoms with Crippen LogP contribution in [0.25, 0.3) is 6.08 Å². The second-order valence-electron chi connectivity index (χ2n) is 11.0. The Kier molecular flexibility index (Phi) is 10.9. The topological polar surface area (TPSA) is 133 Å². The van der Waals surface area contributed by atoms with E-state index in [0.29, 0.717) is 17.1 Å². The second-order valence-corrected chi connectivity index (χ2v) is 15.7. The van der Waals surface area contributed by atoms with Crippen LogP contribution in [0, 0.1) is 0 Å². The van der Waals surface area contributed by atoms with Crippen LogP contribution in [0.3, 0.4) is 0 Å². The molecule has 0 aromatic heterocycles. The van der Waals surface area contributed by atoms with Crippen LogP contribution in [0.15, 0.2) is 24.3 Å². The van der Waals surface area contributed by atoms with Gasteiger partial charge in [0.25, 0.3) is 8.32 Å². The van der Waals surface area contributed by atoms with Gasteiger partial charge in [-0.15, -0.1) is 0 Å². The summed E-state index contributed by atoms with van der Waals surface area (Å²) >= 11 is 0. The summed E-state index contributed by atoms with van der Waals surface area (Å²) in [4.78, 5) is 48.0. The van der Waals surface area contributed by atoms with Gasteiger partial charge in [-0.05, 0) is 48.8 Å². The molecular weight excluding hydrogens is 540 g/mol.